The zero-order valence-corrected chi connectivity index (χ0v) is 16.1. The van der Waals surface area contributed by atoms with Gasteiger partial charge in [-0.2, -0.15) is 13.2 Å². The number of rotatable bonds is 4. The summed E-state index contributed by atoms with van der Waals surface area (Å²) in [5, 5.41) is 11.2. The number of halogens is 3. The minimum atomic E-state index is -5.04. The maximum Gasteiger partial charge on any atom is 0.472 e. The molecule has 0 aliphatic carbocycles. The zero-order chi connectivity index (χ0) is 21.9. The van der Waals surface area contributed by atoms with Crippen LogP contribution in [0.3, 0.4) is 0 Å². The van der Waals surface area contributed by atoms with Gasteiger partial charge in [0.2, 0.25) is 0 Å². The summed E-state index contributed by atoms with van der Waals surface area (Å²) >= 11 is 0. The summed E-state index contributed by atoms with van der Waals surface area (Å²) in [4.78, 5) is 25.3. The van der Waals surface area contributed by atoms with Crippen molar-refractivity contribution in [1.29, 1.82) is 0 Å². The number of aromatic nitrogens is 3. The number of hydrogen-bond donors (Lipinski definition) is 2. The normalized spacial score (nSPS) is 19.1. The van der Waals surface area contributed by atoms with Gasteiger partial charge in [0.25, 0.3) is 0 Å². The lowest BCUT2D eigenvalue weighted by atomic mass is 10.2. The number of aliphatic hydroxyl groups is 1. The molecule has 160 valence electrons. The quantitative estimate of drug-likeness (QED) is 0.332. The fraction of sp³-hybridized carbons (Fsp3) is 0.444. The molecule has 0 aromatic carbocycles. The molecule has 30 heavy (non-hydrogen) atoms. The van der Waals surface area contributed by atoms with Gasteiger partial charge >= 0.3 is 12.1 Å². The van der Waals surface area contributed by atoms with E-state index < -0.39 is 18.3 Å². The van der Waals surface area contributed by atoms with Crippen LogP contribution in [-0.4, -0.2) is 69.8 Å². The number of ether oxygens (including phenoxy) is 1. The Morgan fingerprint density at radius 3 is 2.87 bits per heavy atom. The molecule has 0 saturated carbocycles. The molecule has 9 nitrogen and oxygen atoms in total. The SMILES string of the molecule is CN(C)/C=N/c1ncnc2c1c(C#CNC(=O)C(F)(F)F)cn2[C@H]1CC[C@@H](CO)O1. The Bertz CT molecular complexity index is 1020. The highest BCUT2D eigenvalue weighted by atomic mass is 19.4. The monoisotopic (exact) mass is 424 g/mol. The lowest BCUT2D eigenvalue weighted by Crippen LogP contribution is -2.33. The molecule has 2 aromatic rings. The molecule has 1 amide bonds. The van der Waals surface area contributed by atoms with Crippen LogP contribution in [0.5, 0.6) is 0 Å². The molecule has 1 aliphatic rings. The lowest BCUT2D eigenvalue weighted by Gasteiger charge is -2.14. The van der Waals surface area contributed by atoms with Gasteiger partial charge in [-0.1, -0.05) is 0 Å². The molecule has 12 heteroatoms. The molecule has 1 fully saturated rings. The molecular weight excluding hydrogens is 405 g/mol. The molecule has 3 rings (SSSR count). The van der Waals surface area contributed by atoms with Crippen LogP contribution in [0.2, 0.25) is 0 Å². The first-order chi connectivity index (χ1) is 14.2. The number of amides is 1. The topological polar surface area (TPSA) is 105 Å². The summed E-state index contributed by atoms with van der Waals surface area (Å²) in [7, 11) is 3.53. The predicted molar refractivity (Wildman–Crippen MR) is 101 cm³/mol. The van der Waals surface area contributed by atoms with Crippen molar-refractivity contribution in [1.82, 2.24) is 24.8 Å². The van der Waals surface area contributed by atoms with E-state index in [0.29, 0.717) is 23.9 Å². The second-order valence-electron chi connectivity index (χ2n) is 6.73. The Morgan fingerprint density at radius 1 is 1.47 bits per heavy atom. The summed E-state index contributed by atoms with van der Waals surface area (Å²) < 4.78 is 44.6. The molecule has 0 unspecified atom stereocenters. The van der Waals surface area contributed by atoms with Crippen molar-refractivity contribution in [2.24, 2.45) is 4.99 Å². The average Bonchev–Trinajstić information content (AvgIpc) is 3.30. The first kappa shape index (κ1) is 21.5. The molecular formula is C18H19F3N6O3. The standard InChI is InChI=1S/C18H19F3N6O3/c1-26(2)10-25-15-14-11(5-6-22-17(29)18(19,20)21)7-27(16(14)24-9-23-15)13-4-3-12(8-28)30-13/h7,9-10,12-13,28H,3-4,8H2,1-2H3,(H,22,29)/b25-10+/t12-,13+/m0/s1. The van der Waals surface area contributed by atoms with Crippen molar-refractivity contribution in [3.63, 3.8) is 0 Å². The minimum absolute atomic E-state index is 0.126. The number of aliphatic hydroxyl groups excluding tert-OH is 1. The van der Waals surface area contributed by atoms with E-state index in [-0.39, 0.29) is 24.1 Å². The number of nitrogens with one attached hydrogen (secondary N) is 1. The zero-order valence-electron chi connectivity index (χ0n) is 16.1. The van der Waals surface area contributed by atoms with Crippen molar-refractivity contribution in [3.8, 4) is 12.0 Å². The van der Waals surface area contributed by atoms with Crippen LogP contribution in [0.15, 0.2) is 17.5 Å². The van der Waals surface area contributed by atoms with Gasteiger partial charge in [0.15, 0.2) is 5.82 Å². The van der Waals surface area contributed by atoms with Gasteiger partial charge in [-0.3, -0.25) is 10.1 Å². The predicted octanol–water partition coefficient (Wildman–Crippen LogP) is 1.31. The van der Waals surface area contributed by atoms with E-state index in [9.17, 15) is 23.1 Å². The van der Waals surface area contributed by atoms with Crippen molar-refractivity contribution in [2.75, 3.05) is 20.7 Å². The fourth-order valence-electron chi connectivity index (χ4n) is 2.90. The van der Waals surface area contributed by atoms with Gasteiger partial charge in [-0.05, 0) is 18.8 Å². The fourth-order valence-corrected chi connectivity index (χ4v) is 2.90. The average molecular weight is 424 g/mol. The maximum absolute atomic E-state index is 12.4. The molecule has 3 heterocycles. The first-order valence-electron chi connectivity index (χ1n) is 8.91. The van der Waals surface area contributed by atoms with E-state index in [2.05, 4.69) is 20.9 Å². The molecule has 0 bridgehead atoms. The first-order valence-corrected chi connectivity index (χ1v) is 8.91. The summed E-state index contributed by atoms with van der Waals surface area (Å²) in [6, 6.07) is 2.03. The van der Waals surface area contributed by atoms with Crippen LogP contribution in [0, 0.1) is 12.0 Å². The minimum Gasteiger partial charge on any atom is -0.394 e. The van der Waals surface area contributed by atoms with E-state index in [1.54, 1.807) is 29.8 Å². The number of alkyl halides is 3. The Morgan fingerprint density at radius 2 is 2.23 bits per heavy atom. The van der Waals surface area contributed by atoms with Crippen LogP contribution < -0.4 is 5.32 Å². The number of fused-ring (bicyclic) bond motifs is 1. The number of hydrogen-bond acceptors (Lipinski definition) is 6. The van der Waals surface area contributed by atoms with Crippen LogP contribution in [0.25, 0.3) is 11.0 Å². The Labute approximate surface area is 169 Å². The van der Waals surface area contributed by atoms with E-state index in [4.69, 9.17) is 4.74 Å². The van der Waals surface area contributed by atoms with Crippen molar-refractivity contribution < 1.29 is 27.8 Å². The second kappa shape index (κ2) is 8.68. The van der Waals surface area contributed by atoms with Crippen molar-refractivity contribution >= 4 is 29.1 Å². The van der Waals surface area contributed by atoms with Crippen LogP contribution in [0.4, 0.5) is 19.0 Å². The smallest absolute Gasteiger partial charge is 0.394 e. The van der Waals surface area contributed by atoms with Gasteiger partial charge in [0.1, 0.15) is 18.2 Å². The van der Waals surface area contributed by atoms with Gasteiger partial charge < -0.3 is 19.3 Å². The second-order valence-corrected chi connectivity index (χ2v) is 6.73. The molecule has 2 atom stereocenters. The number of carbonyl (C=O) groups excluding carboxylic acids is 1. The lowest BCUT2D eigenvalue weighted by molar-refractivity contribution is -0.172. The van der Waals surface area contributed by atoms with Crippen LogP contribution in [0.1, 0.15) is 24.6 Å². The third-order valence-electron chi connectivity index (χ3n) is 4.23. The van der Waals surface area contributed by atoms with Crippen molar-refractivity contribution in [3.05, 3.63) is 18.1 Å². The van der Waals surface area contributed by atoms with E-state index in [1.165, 1.54) is 18.0 Å². The largest absolute Gasteiger partial charge is 0.472 e. The van der Waals surface area contributed by atoms with Gasteiger partial charge in [-0.15, -0.1) is 0 Å². The highest BCUT2D eigenvalue weighted by Gasteiger charge is 2.38. The van der Waals surface area contributed by atoms with Crippen LogP contribution in [-0.2, 0) is 9.53 Å². The van der Waals surface area contributed by atoms with E-state index in [0.717, 1.165) is 0 Å². The summed E-state index contributed by atoms with van der Waals surface area (Å²) in [6.07, 6.45) is -0.174. The van der Waals surface area contributed by atoms with Gasteiger partial charge in [0, 0.05) is 26.3 Å². The molecule has 2 N–H and O–H groups in total. The van der Waals surface area contributed by atoms with E-state index >= 15 is 0 Å². The summed E-state index contributed by atoms with van der Waals surface area (Å²) in [5.41, 5.74) is 0.695. The van der Waals surface area contributed by atoms with Crippen molar-refractivity contribution in [2.45, 2.75) is 31.3 Å². The molecule has 0 radical (unpaired) electrons. The molecule has 1 saturated heterocycles. The number of aliphatic imine (C=N–C) groups is 1. The molecule has 2 aromatic heterocycles. The maximum atomic E-state index is 12.4. The third-order valence-corrected chi connectivity index (χ3v) is 4.23. The Hall–Kier alpha value is -3.17. The van der Waals surface area contributed by atoms with Crippen LogP contribution >= 0.6 is 0 Å². The van der Waals surface area contributed by atoms with E-state index in [1.807, 2.05) is 6.04 Å². The summed E-state index contributed by atoms with van der Waals surface area (Å²) in [6.45, 7) is -0.126. The molecule has 1 aliphatic heterocycles. The summed E-state index contributed by atoms with van der Waals surface area (Å²) in [5.74, 6) is 0.611. The number of nitrogens with zero attached hydrogens (tertiary/aromatic N) is 5. The Kier molecular flexibility index (Phi) is 6.23. The molecule has 0 spiro atoms. The highest BCUT2D eigenvalue weighted by molar-refractivity contribution is 5.93. The highest BCUT2D eigenvalue weighted by Crippen LogP contribution is 2.34. The number of carbonyl (C=O) groups is 1. The van der Waals surface area contributed by atoms with Gasteiger partial charge in [-0.25, -0.2) is 15.0 Å². The van der Waals surface area contributed by atoms with Gasteiger partial charge in [0.05, 0.1) is 30.0 Å². The third kappa shape index (κ3) is 4.69. The Balaban J connectivity index is 2.05.